The number of methoxy groups -OCH3 is 1. The summed E-state index contributed by atoms with van der Waals surface area (Å²) in [5, 5.41) is 6.89. The number of nitrogens with one attached hydrogen (secondary N) is 1. The van der Waals surface area contributed by atoms with Gasteiger partial charge in [0, 0.05) is 34.5 Å². The van der Waals surface area contributed by atoms with E-state index >= 15 is 0 Å². The van der Waals surface area contributed by atoms with E-state index in [1.807, 2.05) is 31.4 Å². The lowest BCUT2D eigenvalue weighted by Crippen LogP contribution is -2.12. The van der Waals surface area contributed by atoms with Crippen molar-refractivity contribution < 1.29 is 27.0 Å². The second-order valence-electron chi connectivity index (χ2n) is 10.5. The highest BCUT2D eigenvalue weighted by Crippen LogP contribution is 2.38. The Bertz CT molecular complexity index is 1980. The Balaban J connectivity index is 1.39. The fourth-order valence-electron chi connectivity index (χ4n) is 4.51. The number of ether oxygens (including phenoxy) is 3. The quantitative estimate of drug-likeness (QED) is 0.140. The Hall–Kier alpha value is -4.10. The third kappa shape index (κ3) is 7.95. The molecule has 234 valence electrons. The summed E-state index contributed by atoms with van der Waals surface area (Å²) in [6.07, 6.45) is 1.20. The van der Waals surface area contributed by atoms with E-state index in [9.17, 15) is 12.8 Å². The lowest BCUT2D eigenvalue weighted by Gasteiger charge is -2.14. The average Bonchev–Trinajstić information content (AvgIpc) is 3.50. The summed E-state index contributed by atoms with van der Waals surface area (Å²) in [5.41, 5.74) is 3.34. The van der Waals surface area contributed by atoms with E-state index in [-0.39, 0.29) is 23.4 Å². The van der Waals surface area contributed by atoms with Crippen LogP contribution in [0, 0.1) is 11.7 Å². The van der Waals surface area contributed by atoms with Crippen molar-refractivity contribution in [2.75, 3.05) is 12.4 Å². The van der Waals surface area contributed by atoms with Crippen molar-refractivity contribution in [3.8, 4) is 22.8 Å². The first-order valence-electron chi connectivity index (χ1n) is 13.9. The van der Waals surface area contributed by atoms with E-state index in [4.69, 9.17) is 30.8 Å². The van der Waals surface area contributed by atoms with Crippen LogP contribution in [0.5, 0.6) is 11.5 Å². The van der Waals surface area contributed by atoms with E-state index in [1.165, 1.54) is 29.8 Å². The lowest BCUT2D eigenvalue weighted by molar-refractivity contribution is 0.209. The van der Waals surface area contributed by atoms with Gasteiger partial charge in [0.2, 0.25) is 10.3 Å². The summed E-state index contributed by atoms with van der Waals surface area (Å²) in [7, 11) is -0.878. The molecule has 0 saturated heterocycles. The van der Waals surface area contributed by atoms with Crippen molar-refractivity contribution >= 4 is 60.7 Å². The largest absolute Gasteiger partial charge is 0.496 e. The number of rotatable bonds is 11. The van der Waals surface area contributed by atoms with Crippen LogP contribution in [-0.4, -0.2) is 35.5 Å². The van der Waals surface area contributed by atoms with Gasteiger partial charge in [-0.15, -0.1) is 11.3 Å². The maximum absolute atomic E-state index is 13.5. The van der Waals surface area contributed by atoms with Gasteiger partial charge in [0.05, 0.1) is 23.3 Å². The molecule has 0 aliphatic heterocycles. The summed E-state index contributed by atoms with van der Waals surface area (Å²) in [4.78, 5) is 13.6. The van der Waals surface area contributed by atoms with Gasteiger partial charge in [0.25, 0.3) is 0 Å². The zero-order valence-electron chi connectivity index (χ0n) is 24.9. The number of aromatic nitrogens is 3. The number of thiazole rings is 1. The molecule has 0 saturated carbocycles. The van der Waals surface area contributed by atoms with Crippen molar-refractivity contribution in [1.82, 2.24) is 15.0 Å². The summed E-state index contributed by atoms with van der Waals surface area (Å²) in [6, 6.07) is 15.1. The smallest absolute Gasteiger partial charge is 0.240 e. The summed E-state index contributed by atoms with van der Waals surface area (Å²) < 4.78 is 54.2. The molecule has 1 unspecified atom stereocenters. The predicted molar refractivity (Wildman–Crippen MR) is 176 cm³/mol. The van der Waals surface area contributed by atoms with Gasteiger partial charge < -0.3 is 19.5 Å². The molecule has 0 spiro atoms. The molecule has 0 fully saturated rings. The Kier molecular flexibility index (Phi) is 10.3. The van der Waals surface area contributed by atoms with Gasteiger partial charge in [-0.3, -0.25) is 0 Å². The Morgan fingerprint density at radius 1 is 1.07 bits per heavy atom. The lowest BCUT2D eigenvalue weighted by atomic mass is 10.1. The standard InChI is InChI=1S/C32H30ClFN4O5S2/c1-18(2)10-30(45(39)40)43-19(3)32-38-27(16-44-32)23-13-24-26(14-29(23)41-4)35-17-36-31(24)37-22-8-9-28(25(33)12-22)42-15-20-6-5-7-21(34)11-20/h5-9,11-14,16-19H,10,15H2,1-4H3,(H,35,36,37). The van der Waals surface area contributed by atoms with Gasteiger partial charge in [-0.05, 0) is 54.8 Å². The number of halogens is 2. The van der Waals surface area contributed by atoms with E-state index in [0.29, 0.717) is 67.2 Å². The minimum Gasteiger partial charge on any atom is -0.496 e. The van der Waals surface area contributed by atoms with Crippen LogP contribution in [0.2, 0.25) is 5.02 Å². The van der Waals surface area contributed by atoms with Gasteiger partial charge >= 0.3 is 0 Å². The first kappa shape index (κ1) is 32.3. The monoisotopic (exact) mass is 668 g/mol. The number of hydrogen-bond donors (Lipinski definition) is 1. The topological polar surface area (TPSA) is 113 Å². The molecule has 3 aromatic carbocycles. The molecule has 2 aromatic heterocycles. The molecule has 9 nitrogen and oxygen atoms in total. The summed E-state index contributed by atoms with van der Waals surface area (Å²) >= 11 is 7.88. The second-order valence-corrected chi connectivity index (χ2v) is 12.7. The fourth-order valence-corrected chi connectivity index (χ4v) is 6.24. The normalized spacial score (nSPS) is 11.9. The van der Waals surface area contributed by atoms with Gasteiger partial charge in [0.15, 0.2) is 5.05 Å². The van der Waals surface area contributed by atoms with E-state index in [1.54, 1.807) is 44.4 Å². The maximum atomic E-state index is 13.5. The van der Waals surface area contributed by atoms with Crippen molar-refractivity contribution in [2.45, 2.75) is 39.9 Å². The SMILES string of the molecule is COc1cc2ncnc(Nc3ccc(OCc4cccc(F)c4)c(Cl)c3)c2cc1-c1csc(C(C)OC(CC(C)C)=S(=O)=O)n1. The zero-order chi connectivity index (χ0) is 32.1. The Labute approximate surface area is 270 Å². The molecule has 1 N–H and O–H groups in total. The van der Waals surface area contributed by atoms with Gasteiger partial charge in [-0.25, -0.2) is 19.3 Å². The van der Waals surface area contributed by atoms with Crippen LogP contribution in [0.1, 0.15) is 43.9 Å². The second kappa shape index (κ2) is 14.3. The zero-order valence-corrected chi connectivity index (χ0v) is 27.3. The molecule has 0 radical (unpaired) electrons. The van der Waals surface area contributed by atoms with Crippen LogP contribution in [-0.2, 0) is 21.6 Å². The predicted octanol–water partition coefficient (Wildman–Crippen LogP) is 8.01. The van der Waals surface area contributed by atoms with Crippen LogP contribution in [0.15, 0.2) is 66.3 Å². The molecule has 0 amide bonds. The number of hydrogen-bond acceptors (Lipinski definition) is 10. The van der Waals surface area contributed by atoms with Crippen molar-refractivity contribution in [2.24, 2.45) is 5.92 Å². The molecular weight excluding hydrogens is 639 g/mol. The van der Waals surface area contributed by atoms with Crippen LogP contribution >= 0.6 is 22.9 Å². The van der Waals surface area contributed by atoms with E-state index in [0.717, 1.165) is 0 Å². The van der Waals surface area contributed by atoms with Crippen LogP contribution in [0.25, 0.3) is 22.2 Å². The molecule has 5 rings (SSSR count). The average molecular weight is 669 g/mol. The molecule has 1 atom stereocenters. The molecule has 0 aliphatic carbocycles. The molecule has 2 heterocycles. The summed E-state index contributed by atoms with van der Waals surface area (Å²) in [5.74, 6) is 1.35. The van der Waals surface area contributed by atoms with Crippen LogP contribution in [0.3, 0.4) is 0 Å². The molecule has 45 heavy (non-hydrogen) atoms. The third-order valence-electron chi connectivity index (χ3n) is 6.65. The maximum Gasteiger partial charge on any atom is 0.240 e. The molecular formula is C32H30ClFN4O5S2. The number of fused-ring (bicyclic) bond motifs is 1. The van der Waals surface area contributed by atoms with Gasteiger partial charge in [0.1, 0.15) is 47.2 Å². The highest BCUT2D eigenvalue weighted by Gasteiger charge is 2.20. The molecule has 5 aromatic rings. The highest BCUT2D eigenvalue weighted by molar-refractivity contribution is 7.72. The van der Waals surface area contributed by atoms with Crippen molar-refractivity contribution in [1.29, 1.82) is 0 Å². The minimum absolute atomic E-state index is 0.0108. The van der Waals surface area contributed by atoms with E-state index < -0.39 is 16.4 Å². The Morgan fingerprint density at radius 3 is 2.60 bits per heavy atom. The van der Waals surface area contributed by atoms with E-state index in [2.05, 4.69) is 15.3 Å². The number of anilines is 2. The first-order valence-corrected chi connectivity index (χ1v) is 16.3. The highest BCUT2D eigenvalue weighted by atomic mass is 35.5. The number of nitrogens with zero attached hydrogens (tertiary/aromatic N) is 3. The molecule has 0 aliphatic rings. The molecule has 13 heteroatoms. The van der Waals surface area contributed by atoms with Crippen molar-refractivity contribution in [3.63, 3.8) is 0 Å². The van der Waals surface area contributed by atoms with Gasteiger partial charge in [-0.1, -0.05) is 37.6 Å². The van der Waals surface area contributed by atoms with Crippen molar-refractivity contribution in [3.05, 3.63) is 87.7 Å². The van der Waals surface area contributed by atoms with Crippen LogP contribution < -0.4 is 14.8 Å². The first-order chi connectivity index (χ1) is 21.6. The fraction of sp³-hybridized carbons (Fsp3) is 0.250. The Morgan fingerprint density at radius 2 is 1.89 bits per heavy atom. The number of benzene rings is 3. The minimum atomic E-state index is -2.45. The van der Waals surface area contributed by atoms with Gasteiger partial charge in [-0.2, -0.15) is 8.42 Å². The molecule has 0 bridgehead atoms. The summed E-state index contributed by atoms with van der Waals surface area (Å²) in [6.45, 7) is 5.80. The third-order valence-corrected chi connectivity index (χ3v) is 8.59. The van der Waals surface area contributed by atoms with Crippen LogP contribution in [0.4, 0.5) is 15.9 Å².